The van der Waals surface area contributed by atoms with Gasteiger partial charge in [0.05, 0.1) is 0 Å². The maximum absolute atomic E-state index is 13.1. The standard InChI is InChI=1S/C14H11FN2O3/c1-19-7-13-16-10(6-14(18)17-13)12-5-8-4-9(15)2-3-11(8)20-12/h2-6H,7H2,1H3,(H,16,17,18). The quantitative estimate of drug-likeness (QED) is 0.796. The number of ether oxygens (including phenoxy) is 1. The Balaban J connectivity index is 2.12. The van der Waals surface area contributed by atoms with Crippen LogP contribution >= 0.6 is 0 Å². The topological polar surface area (TPSA) is 68.1 Å². The molecule has 0 bridgehead atoms. The van der Waals surface area contributed by atoms with E-state index in [0.717, 1.165) is 0 Å². The zero-order valence-corrected chi connectivity index (χ0v) is 10.6. The van der Waals surface area contributed by atoms with Crippen LogP contribution in [0.5, 0.6) is 0 Å². The number of nitrogens with one attached hydrogen (secondary N) is 1. The van der Waals surface area contributed by atoms with Gasteiger partial charge < -0.3 is 14.1 Å². The SMILES string of the molecule is COCc1nc(-c2cc3cc(F)ccc3o2)cc(=O)[nH]1. The summed E-state index contributed by atoms with van der Waals surface area (Å²) in [6.07, 6.45) is 0. The molecule has 20 heavy (non-hydrogen) atoms. The lowest BCUT2D eigenvalue weighted by Gasteiger charge is -2.00. The maximum Gasteiger partial charge on any atom is 0.251 e. The number of rotatable bonds is 3. The zero-order valence-electron chi connectivity index (χ0n) is 10.6. The van der Waals surface area contributed by atoms with E-state index in [-0.39, 0.29) is 18.0 Å². The number of hydrogen-bond donors (Lipinski definition) is 1. The van der Waals surface area contributed by atoms with E-state index in [1.807, 2.05) is 0 Å². The summed E-state index contributed by atoms with van der Waals surface area (Å²) in [6, 6.07) is 7.20. The van der Waals surface area contributed by atoms with Gasteiger partial charge in [0.1, 0.15) is 29.5 Å². The molecule has 0 saturated carbocycles. The van der Waals surface area contributed by atoms with Gasteiger partial charge in [0, 0.05) is 18.6 Å². The van der Waals surface area contributed by atoms with Crippen LogP contribution in [-0.2, 0) is 11.3 Å². The van der Waals surface area contributed by atoms with Crippen molar-refractivity contribution >= 4 is 11.0 Å². The predicted molar refractivity (Wildman–Crippen MR) is 70.7 cm³/mol. The third kappa shape index (κ3) is 2.33. The number of H-pyrrole nitrogens is 1. The zero-order chi connectivity index (χ0) is 14.1. The molecule has 0 fully saturated rings. The molecule has 0 aliphatic rings. The van der Waals surface area contributed by atoms with Crippen molar-refractivity contribution in [2.24, 2.45) is 0 Å². The molecule has 2 heterocycles. The number of furan rings is 1. The molecule has 0 radical (unpaired) electrons. The van der Waals surface area contributed by atoms with Gasteiger partial charge in [-0.2, -0.15) is 0 Å². The Kier molecular flexibility index (Phi) is 3.08. The molecular weight excluding hydrogens is 263 g/mol. The summed E-state index contributed by atoms with van der Waals surface area (Å²) >= 11 is 0. The summed E-state index contributed by atoms with van der Waals surface area (Å²) in [7, 11) is 1.51. The fourth-order valence-corrected chi connectivity index (χ4v) is 1.98. The molecule has 102 valence electrons. The molecule has 5 nitrogen and oxygen atoms in total. The highest BCUT2D eigenvalue weighted by molar-refractivity contribution is 5.82. The van der Waals surface area contributed by atoms with Crippen molar-refractivity contribution in [3.05, 3.63) is 52.3 Å². The van der Waals surface area contributed by atoms with Crippen LogP contribution in [0.3, 0.4) is 0 Å². The second kappa shape index (κ2) is 4.90. The molecule has 2 aromatic heterocycles. The first-order valence-electron chi connectivity index (χ1n) is 5.94. The lowest BCUT2D eigenvalue weighted by atomic mass is 10.2. The molecule has 3 aromatic rings. The number of hydrogen-bond acceptors (Lipinski definition) is 4. The smallest absolute Gasteiger partial charge is 0.251 e. The highest BCUT2D eigenvalue weighted by Crippen LogP contribution is 2.26. The van der Waals surface area contributed by atoms with Crippen molar-refractivity contribution in [3.8, 4) is 11.5 Å². The van der Waals surface area contributed by atoms with Crippen LogP contribution in [0.25, 0.3) is 22.4 Å². The molecule has 0 spiro atoms. The average molecular weight is 274 g/mol. The van der Waals surface area contributed by atoms with E-state index in [1.165, 1.54) is 31.4 Å². The van der Waals surface area contributed by atoms with Crippen LogP contribution < -0.4 is 5.56 Å². The number of fused-ring (bicyclic) bond motifs is 1. The molecule has 0 aliphatic heterocycles. The Morgan fingerprint density at radius 1 is 1.35 bits per heavy atom. The summed E-state index contributed by atoms with van der Waals surface area (Å²) in [6.45, 7) is 0.192. The first kappa shape index (κ1) is 12.6. The highest BCUT2D eigenvalue weighted by atomic mass is 19.1. The summed E-state index contributed by atoms with van der Waals surface area (Å²) in [4.78, 5) is 18.4. The first-order valence-corrected chi connectivity index (χ1v) is 5.94. The first-order chi connectivity index (χ1) is 9.65. The van der Waals surface area contributed by atoms with Gasteiger partial charge in [-0.15, -0.1) is 0 Å². The summed E-state index contributed by atoms with van der Waals surface area (Å²) < 4.78 is 23.7. The van der Waals surface area contributed by atoms with E-state index in [1.54, 1.807) is 6.07 Å². The van der Waals surface area contributed by atoms with Gasteiger partial charge in [-0.25, -0.2) is 9.37 Å². The molecule has 1 N–H and O–H groups in total. The van der Waals surface area contributed by atoms with Gasteiger partial charge >= 0.3 is 0 Å². The second-order valence-electron chi connectivity index (χ2n) is 4.30. The number of aromatic nitrogens is 2. The molecule has 0 saturated heterocycles. The van der Waals surface area contributed by atoms with Gasteiger partial charge in [-0.1, -0.05) is 0 Å². The average Bonchev–Trinajstić information content (AvgIpc) is 2.81. The Labute approximate surface area is 113 Å². The fourth-order valence-electron chi connectivity index (χ4n) is 1.98. The van der Waals surface area contributed by atoms with Crippen molar-refractivity contribution in [1.82, 2.24) is 9.97 Å². The predicted octanol–water partition coefficient (Wildman–Crippen LogP) is 2.47. The van der Waals surface area contributed by atoms with E-state index in [4.69, 9.17) is 9.15 Å². The van der Waals surface area contributed by atoms with Crippen LogP contribution in [-0.4, -0.2) is 17.1 Å². The number of aromatic amines is 1. The minimum Gasteiger partial charge on any atom is -0.454 e. The van der Waals surface area contributed by atoms with E-state index in [2.05, 4.69) is 9.97 Å². The van der Waals surface area contributed by atoms with Gasteiger partial charge in [0.2, 0.25) is 0 Å². The molecule has 1 aromatic carbocycles. The number of halogens is 1. The van der Waals surface area contributed by atoms with Gasteiger partial charge in [-0.05, 0) is 24.3 Å². The summed E-state index contributed by atoms with van der Waals surface area (Å²) in [5.41, 5.74) is 0.628. The van der Waals surface area contributed by atoms with Crippen molar-refractivity contribution in [1.29, 1.82) is 0 Å². The van der Waals surface area contributed by atoms with Crippen LogP contribution in [0.2, 0.25) is 0 Å². The van der Waals surface area contributed by atoms with Crippen molar-refractivity contribution in [2.75, 3.05) is 7.11 Å². The lowest BCUT2D eigenvalue weighted by molar-refractivity contribution is 0.177. The molecule has 0 atom stereocenters. The normalized spacial score (nSPS) is 11.1. The molecule has 0 amide bonds. The Morgan fingerprint density at radius 3 is 3.00 bits per heavy atom. The monoisotopic (exact) mass is 274 g/mol. The van der Waals surface area contributed by atoms with E-state index in [9.17, 15) is 9.18 Å². The van der Waals surface area contributed by atoms with Crippen LogP contribution in [0.1, 0.15) is 5.82 Å². The fraction of sp³-hybridized carbons (Fsp3) is 0.143. The van der Waals surface area contributed by atoms with Crippen LogP contribution in [0, 0.1) is 5.82 Å². The third-order valence-electron chi connectivity index (χ3n) is 2.80. The Bertz CT molecular complexity index is 823. The minimum atomic E-state index is -0.344. The van der Waals surface area contributed by atoms with Crippen LogP contribution in [0.4, 0.5) is 4.39 Å². The molecular formula is C14H11FN2O3. The highest BCUT2D eigenvalue weighted by Gasteiger charge is 2.10. The molecule has 6 heteroatoms. The van der Waals surface area contributed by atoms with Gasteiger partial charge in [0.25, 0.3) is 5.56 Å². The van der Waals surface area contributed by atoms with Crippen LogP contribution in [0.15, 0.2) is 39.5 Å². The number of benzene rings is 1. The Hall–Kier alpha value is -2.47. The minimum absolute atomic E-state index is 0.192. The van der Waals surface area contributed by atoms with E-state index >= 15 is 0 Å². The summed E-state index contributed by atoms with van der Waals surface area (Å²) in [5.74, 6) is 0.472. The van der Waals surface area contributed by atoms with Crippen molar-refractivity contribution in [2.45, 2.75) is 6.61 Å². The second-order valence-corrected chi connectivity index (χ2v) is 4.30. The molecule has 0 aliphatic carbocycles. The van der Waals surface area contributed by atoms with Gasteiger partial charge in [-0.3, -0.25) is 4.79 Å². The van der Waals surface area contributed by atoms with E-state index < -0.39 is 0 Å². The van der Waals surface area contributed by atoms with Crippen molar-refractivity contribution in [3.63, 3.8) is 0 Å². The molecule has 0 unspecified atom stereocenters. The number of nitrogens with zero attached hydrogens (tertiary/aromatic N) is 1. The van der Waals surface area contributed by atoms with E-state index in [0.29, 0.717) is 28.2 Å². The Morgan fingerprint density at radius 2 is 2.20 bits per heavy atom. The van der Waals surface area contributed by atoms with Gasteiger partial charge in [0.15, 0.2) is 5.76 Å². The third-order valence-corrected chi connectivity index (χ3v) is 2.80. The van der Waals surface area contributed by atoms with Crippen molar-refractivity contribution < 1.29 is 13.5 Å². The lowest BCUT2D eigenvalue weighted by Crippen LogP contribution is -2.11. The number of methoxy groups -OCH3 is 1. The molecule has 3 rings (SSSR count). The summed E-state index contributed by atoms with van der Waals surface area (Å²) in [5, 5.41) is 0.621. The maximum atomic E-state index is 13.1. The largest absolute Gasteiger partial charge is 0.454 e.